The molecule has 2 nitrogen and oxygen atoms in total. The van der Waals surface area contributed by atoms with Gasteiger partial charge in [0.25, 0.3) is 0 Å². The minimum absolute atomic E-state index is 0.0831. The van der Waals surface area contributed by atoms with E-state index in [9.17, 15) is 9.50 Å². The monoisotopic (exact) mass is 329 g/mol. The second-order valence-corrected chi connectivity index (χ2v) is 6.86. The van der Waals surface area contributed by atoms with E-state index in [1.165, 1.54) is 17.7 Å². The molecule has 0 unspecified atom stereocenters. The van der Waals surface area contributed by atoms with Gasteiger partial charge >= 0.3 is 0 Å². The molecule has 0 bridgehead atoms. The van der Waals surface area contributed by atoms with Crippen LogP contribution >= 0.6 is 0 Å². The quantitative estimate of drug-likeness (QED) is 0.787. The predicted octanol–water partition coefficient (Wildman–Crippen LogP) is 5.23. The van der Waals surface area contributed by atoms with E-state index >= 15 is 0 Å². The molecule has 2 rings (SSSR count). The first-order chi connectivity index (χ1) is 11.4. The molecule has 0 radical (unpaired) electrons. The van der Waals surface area contributed by atoms with Crippen LogP contribution in [0, 0.1) is 5.82 Å². The van der Waals surface area contributed by atoms with E-state index in [1.54, 1.807) is 0 Å². The van der Waals surface area contributed by atoms with Crippen molar-refractivity contribution in [3.05, 3.63) is 52.6 Å². The normalized spacial score (nSPS) is 11.5. The summed E-state index contributed by atoms with van der Waals surface area (Å²) in [6.45, 7) is 10.8. The first-order valence-corrected chi connectivity index (χ1v) is 8.82. The third-order valence-electron chi connectivity index (χ3n) is 4.40. The number of aromatic nitrogens is 1. The molecule has 3 heteroatoms. The van der Waals surface area contributed by atoms with Gasteiger partial charge in [0.05, 0.1) is 0 Å². The molecule has 0 saturated carbocycles. The molecule has 1 aromatic heterocycles. The van der Waals surface area contributed by atoms with Gasteiger partial charge in [-0.15, -0.1) is 0 Å². The Morgan fingerprint density at radius 2 is 1.50 bits per heavy atom. The van der Waals surface area contributed by atoms with Gasteiger partial charge in [0, 0.05) is 18.0 Å². The van der Waals surface area contributed by atoms with Crippen molar-refractivity contribution < 1.29 is 9.50 Å². The van der Waals surface area contributed by atoms with Crippen molar-refractivity contribution in [3.63, 3.8) is 0 Å². The van der Waals surface area contributed by atoms with Gasteiger partial charge in [0.2, 0.25) is 0 Å². The Morgan fingerprint density at radius 3 is 1.96 bits per heavy atom. The highest BCUT2D eigenvalue weighted by Crippen LogP contribution is 2.37. The van der Waals surface area contributed by atoms with E-state index in [4.69, 9.17) is 4.98 Å². The summed E-state index contributed by atoms with van der Waals surface area (Å²) >= 11 is 0. The number of halogens is 1. The maximum Gasteiger partial charge on any atom is 0.123 e. The first-order valence-electron chi connectivity index (χ1n) is 8.82. The van der Waals surface area contributed by atoms with Crippen LogP contribution in [-0.2, 0) is 12.8 Å². The zero-order valence-corrected chi connectivity index (χ0v) is 15.4. The highest BCUT2D eigenvalue weighted by molar-refractivity contribution is 5.73. The largest absolute Gasteiger partial charge is 0.396 e. The molecule has 1 heterocycles. The van der Waals surface area contributed by atoms with E-state index in [-0.39, 0.29) is 18.3 Å². The van der Waals surface area contributed by atoms with E-state index in [2.05, 4.69) is 34.6 Å². The third kappa shape index (κ3) is 3.67. The molecule has 0 aliphatic heterocycles. The van der Waals surface area contributed by atoms with Gasteiger partial charge in [-0.3, -0.25) is 4.98 Å². The van der Waals surface area contributed by atoms with E-state index in [1.807, 2.05) is 12.1 Å². The summed E-state index contributed by atoms with van der Waals surface area (Å²) in [6, 6.07) is 6.67. The molecule has 1 aromatic carbocycles. The van der Waals surface area contributed by atoms with E-state index < -0.39 is 0 Å². The molecule has 0 aliphatic rings. The highest BCUT2D eigenvalue weighted by Gasteiger charge is 2.22. The first kappa shape index (κ1) is 18.6. The van der Waals surface area contributed by atoms with Gasteiger partial charge in [-0.25, -0.2) is 4.39 Å². The minimum atomic E-state index is -0.234. The fourth-order valence-corrected chi connectivity index (χ4v) is 3.35. The summed E-state index contributed by atoms with van der Waals surface area (Å²) in [5.74, 6) is 0.358. The van der Waals surface area contributed by atoms with Gasteiger partial charge < -0.3 is 5.11 Å². The zero-order valence-electron chi connectivity index (χ0n) is 15.4. The Labute approximate surface area is 144 Å². The van der Waals surface area contributed by atoms with Crippen LogP contribution < -0.4 is 0 Å². The van der Waals surface area contributed by atoms with Crippen molar-refractivity contribution in [1.82, 2.24) is 4.98 Å². The Kier molecular flexibility index (Phi) is 6.11. The number of benzene rings is 1. The topological polar surface area (TPSA) is 33.1 Å². The van der Waals surface area contributed by atoms with E-state index in [0.717, 1.165) is 34.5 Å². The Bertz CT molecular complexity index is 690. The molecule has 0 saturated heterocycles. The summed E-state index contributed by atoms with van der Waals surface area (Å²) in [4.78, 5) is 4.98. The van der Waals surface area contributed by atoms with Crippen molar-refractivity contribution in [1.29, 1.82) is 0 Å². The lowest BCUT2D eigenvalue weighted by Gasteiger charge is -2.24. The van der Waals surface area contributed by atoms with Crippen molar-refractivity contribution in [3.8, 4) is 11.1 Å². The molecule has 0 aliphatic carbocycles. The summed E-state index contributed by atoms with van der Waals surface area (Å²) in [5.41, 5.74) is 6.60. The van der Waals surface area contributed by atoms with Crippen LogP contribution in [-0.4, -0.2) is 16.7 Å². The van der Waals surface area contributed by atoms with Crippen molar-refractivity contribution in [2.75, 3.05) is 6.61 Å². The summed E-state index contributed by atoms with van der Waals surface area (Å²) in [7, 11) is 0. The number of aliphatic hydroxyl groups excluding tert-OH is 1. The van der Waals surface area contributed by atoms with Gasteiger partial charge in [0.1, 0.15) is 5.82 Å². The molecule has 0 atom stereocenters. The number of nitrogens with zero attached hydrogens (tertiary/aromatic N) is 1. The molecular weight excluding hydrogens is 301 g/mol. The second-order valence-electron chi connectivity index (χ2n) is 6.86. The number of pyridine rings is 1. The van der Waals surface area contributed by atoms with Crippen LogP contribution in [0.4, 0.5) is 4.39 Å². The molecule has 0 fully saturated rings. The second kappa shape index (κ2) is 7.89. The third-order valence-corrected chi connectivity index (χ3v) is 4.40. The summed E-state index contributed by atoms with van der Waals surface area (Å²) in [6.07, 6.45) is 1.43. The molecule has 130 valence electrons. The van der Waals surface area contributed by atoms with Gasteiger partial charge in [0.15, 0.2) is 0 Å². The number of hydrogen-bond acceptors (Lipinski definition) is 2. The number of aliphatic hydroxyl groups is 1. The Hall–Kier alpha value is -1.74. The van der Waals surface area contributed by atoms with Gasteiger partial charge in [-0.05, 0) is 59.1 Å². The highest BCUT2D eigenvalue weighted by atomic mass is 19.1. The average Bonchev–Trinajstić information content (AvgIpc) is 2.54. The molecular formula is C21H28FNO. The van der Waals surface area contributed by atoms with Gasteiger partial charge in [-0.2, -0.15) is 0 Å². The standard InChI is InChI=1S/C21H28FNO/c1-6-17-19(15-7-9-16(22)10-8-15)18(11-12-24)21(14(4)5)23-20(17)13(2)3/h7-10,13-14,24H,6,11-12H2,1-5H3. The summed E-state index contributed by atoms with van der Waals surface area (Å²) in [5, 5.41) is 9.60. The lowest BCUT2D eigenvalue weighted by molar-refractivity contribution is 0.299. The van der Waals surface area contributed by atoms with Gasteiger partial charge in [-0.1, -0.05) is 46.8 Å². The molecule has 2 aromatic rings. The Balaban J connectivity index is 2.86. The van der Waals surface area contributed by atoms with Crippen LogP contribution in [0.15, 0.2) is 24.3 Å². The lowest BCUT2D eigenvalue weighted by Crippen LogP contribution is -2.13. The van der Waals surface area contributed by atoms with Crippen LogP contribution in [0.3, 0.4) is 0 Å². The molecule has 0 amide bonds. The average molecular weight is 329 g/mol. The summed E-state index contributed by atoms with van der Waals surface area (Å²) < 4.78 is 13.4. The van der Waals surface area contributed by atoms with E-state index in [0.29, 0.717) is 12.3 Å². The fourth-order valence-electron chi connectivity index (χ4n) is 3.35. The maximum absolute atomic E-state index is 13.4. The number of rotatable bonds is 6. The van der Waals surface area contributed by atoms with Crippen molar-refractivity contribution in [2.24, 2.45) is 0 Å². The molecule has 1 N–H and O–H groups in total. The minimum Gasteiger partial charge on any atom is -0.396 e. The smallest absolute Gasteiger partial charge is 0.123 e. The lowest BCUT2D eigenvalue weighted by atomic mass is 9.85. The molecule has 0 spiro atoms. The van der Waals surface area contributed by atoms with Crippen LogP contribution in [0.25, 0.3) is 11.1 Å². The zero-order chi connectivity index (χ0) is 17.9. The van der Waals surface area contributed by atoms with Crippen molar-refractivity contribution >= 4 is 0 Å². The number of hydrogen-bond donors (Lipinski definition) is 1. The van der Waals surface area contributed by atoms with Crippen LogP contribution in [0.2, 0.25) is 0 Å². The molecule has 24 heavy (non-hydrogen) atoms. The SMILES string of the molecule is CCc1c(C(C)C)nc(C(C)C)c(CCO)c1-c1ccc(F)cc1. The fraction of sp³-hybridized carbons (Fsp3) is 0.476. The van der Waals surface area contributed by atoms with Crippen molar-refractivity contribution in [2.45, 2.75) is 59.3 Å². The Morgan fingerprint density at radius 1 is 0.958 bits per heavy atom. The predicted molar refractivity (Wildman–Crippen MR) is 98.0 cm³/mol. The maximum atomic E-state index is 13.4. The van der Waals surface area contributed by atoms with Crippen LogP contribution in [0.5, 0.6) is 0 Å². The van der Waals surface area contributed by atoms with Crippen LogP contribution in [0.1, 0.15) is 69.0 Å².